The minimum atomic E-state index is -0.0835. The molecule has 4 aromatic rings. The van der Waals surface area contributed by atoms with E-state index in [1.54, 1.807) is 6.20 Å². The molecule has 0 bridgehead atoms. The predicted octanol–water partition coefficient (Wildman–Crippen LogP) is 5.20. The van der Waals surface area contributed by atoms with Gasteiger partial charge < -0.3 is 15.8 Å². The molecule has 1 aliphatic carbocycles. The van der Waals surface area contributed by atoms with Crippen molar-refractivity contribution >= 4 is 22.8 Å². The number of carbonyl (C=O) groups excluding carboxylic acids is 1. The van der Waals surface area contributed by atoms with Gasteiger partial charge in [-0.1, -0.05) is 31.5 Å². The molecule has 2 aromatic carbocycles. The molecule has 39 heavy (non-hydrogen) atoms. The number of ether oxygens (including phenoxy) is 1. The number of carbonyl (C=O) groups is 1. The van der Waals surface area contributed by atoms with Crippen LogP contribution in [-0.4, -0.2) is 56.7 Å². The molecule has 0 spiro atoms. The van der Waals surface area contributed by atoms with Crippen LogP contribution in [0.3, 0.4) is 0 Å². The number of aromatic nitrogens is 4. The number of nitrogen functional groups attached to an aromatic ring is 1. The molecular formula is C30H37N7O2. The Hall–Kier alpha value is -3.98. The number of benzene rings is 2. The van der Waals surface area contributed by atoms with Gasteiger partial charge in [0.25, 0.3) is 0 Å². The van der Waals surface area contributed by atoms with Crippen LogP contribution in [0, 0.1) is 0 Å². The Labute approximate surface area is 229 Å². The summed E-state index contributed by atoms with van der Waals surface area (Å²) in [5.74, 6) is 2.61. The van der Waals surface area contributed by atoms with Crippen LogP contribution in [0.1, 0.15) is 51.5 Å². The Kier molecular flexibility index (Phi) is 8.07. The second kappa shape index (κ2) is 11.8. The first-order valence-corrected chi connectivity index (χ1v) is 13.7. The van der Waals surface area contributed by atoms with Gasteiger partial charge in [-0.05, 0) is 82.6 Å². The van der Waals surface area contributed by atoms with Gasteiger partial charge in [-0.25, -0.2) is 14.6 Å². The van der Waals surface area contributed by atoms with Gasteiger partial charge in [-0.2, -0.15) is 5.10 Å². The standard InChI is InChI=1S/C30H37N7O2/c1-4-8-26(36(2)3)30(38)33-21-13-15-22(16-14-21)37-29-25(19-32-37)27(31)34-28(35-29)20-11-17-24(18-12-20)39-23-9-6-5-7-10-23/h5-7,9-12,17-19,21-22,26H,4,8,13-16H2,1-3H3,(H,33,38)(H2,31,34,35)/t21?,22?,26-/m0/s1. The number of anilines is 1. The first-order valence-electron chi connectivity index (χ1n) is 13.7. The van der Waals surface area contributed by atoms with Gasteiger partial charge in [0, 0.05) is 11.6 Å². The van der Waals surface area contributed by atoms with Crippen LogP contribution in [-0.2, 0) is 4.79 Å². The first-order chi connectivity index (χ1) is 18.9. The SMILES string of the molecule is CCC[C@@H](C(=O)NC1CCC(n2ncc3c(N)nc(-c4ccc(Oc5ccccc5)cc4)nc32)CC1)N(C)C. The molecule has 9 nitrogen and oxygen atoms in total. The number of para-hydroxylation sites is 1. The van der Waals surface area contributed by atoms with Gasteiger partial charge in [-0.15, -0.1) is 0 Å². The molecule has 3 N–H and O–H groups in total. The van der Waals surface area contributed by atoms with Crippen LogP contribution >= 0.6 is 0 Å². The number of fused-ring (bicyclic) bond motifs is 1. The lowest BCUT2D eigenvalue weighted by Gasteiger charge is -2.31. The summed E-state index contributed by atoms with van der Waals surface area (Å²) in [4.78, 5) is 24.3. The third kappa shape index (κ3) is 6.04. The van der Waals surface area contributed by atoms with Gasteiger partial charge in [0.15, 0.2) is 11.5 Å². The van der Waals surface area contributed by atoms with Crippen LogP contribution in [0.5, 0.6) is 11.5 Å². The fraction of sp³-hybridized carbons (Fsp3) is 0.400. The molecule has 2 aromatic heterocycles. The monoisotopic (exact) mass is 527 g/mol. The highest BCUT2D eigenvalue weighted by Crippen LogP contribution is 2.33. The molecule has 1 saturated carbocycles. The number of nitrogens with zero attached hydrogens (tertiary/aromatic N) is 5. The number of hydrogen-bond donors (Lipinski definition) is 2. The summed E-state index contributed by atoms with van der Waals surface area (Å²) in [6, 6.07) is 17.6. The summed E-state index contributed by atoms with van der Waals surface area (Å²) in [5.41, 5.74) is 7.94. The second-order valence-corrected chi connectivity index (χ2v) is 10.5. The summed E-state index contributed by atoms with van der Waals surface area (Å²) in [7, 11) is 3.93. The van der Waals surface area contributed by atoms with Crippen LogP contribution in [0.25, 0.3) is 22.4 Å². The zero-order valence-corrected chi connectivity index (χ0v) is 22.9. The molecule has 2 heterocycles. The van der Waals surface area contributed by atoms with Crippen LogP contribution in [0.2, 0.25) is 0 Å². The van der Waals surface area contributed by atoms with Gasteiger partial charge in [-0.3, -0.25) is 9.69 Å². The minimum absolute atomic E-state index is 0.0835. The van der Waals surface area contributed by atoms with Crippen molar-refractivity contribution < 1.29 is 9.53 Å². The maximum absolute atomic E-state index is 12.8. The second-order valence-electron chi connectivity index (χ2n) is 10.5. The van der Waals surface area contributed by atoms with Crippen molar-refractivity contribution in [3.63, 3.8) is 0 Å². The lowest BCUT2D eigenvalue weighted by Crippen LogP contribution is -2.48. The van der Waals surface area contributed by atoms with E-state index in [9.17, 15) is 4.79 Å². The van der Waals surface area contributed by atoms with Crippen LogP contribution < -0.4 is 15.8 Å². The van der Waals surface area contributed by atoms with Crippen LogP contribution in [0.15, 0.2) is 60.8 Å². The smallest absolute Gasteiger partial charge is 0.237 e. The maximum Gasteiger partial charge on any atom is 0.237 e. The molecular weight excluding hydrogens is 490 g/mol. The average molecular weight is 528 g/mol. The van der Waals surface area contributed by atoms with E-state index in [0.717, 1.165) is 66.6 Å². The number of rotatable bonds is 9. The number of likely N-dealkylation sites (N-methyl/N-ethyl adjacent to an activating group) is 1. The van der Waals surface area contributed by atoms with E-state index in [-0.39, 0.29) is 24.0 Å². The zero-order chi connectivity index (χ0) is 27.4. The molecule has 1 fully saturated rings. The largest absolute Gasteiger partial charge is 0.457 e. The van der Waals surface area contributed by atoms with Crippen molar-refractivity contribution in [2.45, 2.75) is 63.6 Å². The number of hydrogen-bond acceptors (Lipinski definition) is 7. The molecule has 5 rings (SSSR count). The highest BCUT2D eigenvalue weighted by atomic mass is 16.5. The summed E-state index contributed by atoms with van der Waals surface area (Å²) in [6.07, 6.45) is 7.22. The van der Waals surface area contributed by atoms with E-state index in [0.29, 0.717) is 11.6 Å². The fourth-order valence-electron chi connectivity index (χ4n) is 5.30. The normalized spacial score (nSPS) is 18.3. The quantitative estimate of drug-likeness (QED) is 0.308. The minimum Gasteiger partial charge on any atom is -0.457 e. The third-order valence-corrected chi connectivity index (χ3v) is 7.45. The average Bonchev–Trinajstić information content (AvgIpc) is 3.37. The Balaban J connectivity index is 1.28. The Morgan fingerprint density at radius 2 is 1.74 bits per heavy atom. The zero-order valence-electron chi connectivity index (χ0n) is 22.9. The molecule has 9 heteroatoms. The molecule has 0 radical (unpaired) electrons. The Morgan fingerprint density at radius 1 is 1.05 bits per heavy atom. The van der Waals surface area contributed by atoms with E-state index < -0.39 is 0 Å². The molecule has 0 unspecified atom stereocenters. The maximum atomic E-state index is 12.8. The Morgan fingerprint density at radius 3 is 2.41 bits per heavy atom. The van der Waals surface area contributed by atoms with Gasteiger partial charge in [0.1, 0.15) is 17.3 Å². The number of nitrogens with two attached hydrogens (primary N) is 1. The van der Waals surface area contributed by atoms with Gasteiger partial charge in [0.05, 0.1) is 23.7 Å². The van der Waals surface area contributed by atoms with E-state index >= 15 is 0 Å². The molecule has 1 aliphatic rings. The topological polar surface area (TPSA) is 111 Å². The predicted molar refractivity (Wildman–Crippen MR) is 154 cm³/mol. The van der Waals surface area contributed by atoms with Crippen LogP contribution in [0.4, 0.5) is 5.82 Å². The van der Waals surface area contributed by atoms with Gasteiger partial charge >= 0.3 is 0 Å². The molecule has 1 atom stereocenters. The molecule has 1 amide bonds. The van der Waals surface area contributed by atoms with Gasteiger partial charge in [0.2, 0.25) is 5.91 Å². The molecule has 0 saturated heterocycles. The number of amides is 1. The van der Waals surface area contributed by atoms with E-state index in [2.05, 4.69) is 22.3 Å². The van der Waals surface area contributed by atoms with Crippen molar-refractivity contribution in [3.05, 3.63) is 60.8 Å². The van der Waals surface area contributed by atoms with Crippen molar-refractivity contribution in [1.29, 1.82) is 0 Å². The summed E-state index contributed by atoms with van der Waals surface area (Å²) in [5, 5.41) is 8.69. The summed E-state index contributed by atoms with van der Waals surface area (Å²) in [6.45, 7) is 2.11. The summed E-state index contributed by atoms with van der Waals surface area (Å²) >= 11 is 0. The van der Waals surface area contributed by atoms with E-state index in [4.69, 9.17) is 15.5 Å². The Bertz CT molecular complexity index is 1390. The fourth-order valence-corrected chi connectivity index (χ4v) is 5.30. The lowest BCUT2D eigenvalue weighted by atomic mass is 9.91. The lowest BCUT2D eigenvalue weighted by molar-refractivity contribution is -0.126. The first kappa shape index (κ1) is 26.6. The van der Waals surface area contributed by atoms with Crippen molar-refractivity contribution in [3.8, 4) is 22.9 Å². The van der Waals surface area contributed by atoms with E-state index in [1.807, 2.05) is 78.3 Å². The third-order valence-electron chi connectivity index (χ3n) is 7.45. The highest BCUT2D eigenvalue weighted by Gasteiger charge is 2.28. The van der Waals surface area contributed by atoms with Crippen molar-refractivity contribution in [2.75, 3.05) is 19.8 Å². The number of nitrogens with one attached hydrogen (secondary N) is 1. The van der Waals surface area contributed by atoms with Crippen molar-refractivity contribution in [2.24, 2.45) is 0 Å². The van der Waals surface area contributed by atoms with Crippen molar-refractivity contribution in [1.82, 2.24) is 30.0 Å². The van der Waals surface area contributed by atoms with E-state index in [1.165, 1.54) is 0 Å². The highest BCUT2D eigenvalue weighted by molar-refractivity contribution is 5.87. The summed E-state index contributed by atoms with van der Waals surface area (Å²) < 4.78 is 7.90. The molecule has 204 valence electrons. The molecule has 0 aliphatic heterocycles.